The molecule has 0 aliphatic rings. The lowest BCUT2D eigenvalue weighted by molar-refractivity contribution is -0.139. The Kier molecular flexibility index (Phi) is 8.42. The summed E-state index contributed by atoms with van der Waals surface area (Å²) < 4.78 is 5.88. The molecule has 3 aromatic rings. The molecule has 0 atom stereocenters. The van der Waals surface area contributed by atoms with Crippen LogP contribution in [0.15, 0.2) is 91.0 Å². The number of rotatable bonds is 10. The van der Waals surface area contributed by atoms with Crippen LogP contribution in [0.5, 0.6) is 0 Å². The number of benzene rings is 3. The second kappa shape index (κ2) is 11.0. The molecule has 3 nitrogen and oxygen atoms in total. The molecule has 3 aromatic carbocycles. The lowest BCUT2D eigenvalue weighted by Crippen LogP contribution is -2.40. The summed E-state index contributed by atoms with van der Waals surface area (Å²) in [6, 6.07) is 32.4. The molecule has 3 rings (SSSR count). The van der Waals surface area contributed by atoms with Gasteiger partial charge in [-0.05, 0) is 62.7 Å². The first-order valence-electron chi connectivity index (χ1n) is 11.2. The SMILES string of the molecule is CN(C)C[Si](C)(C)CCOC(=O)C[P+](c1ccccc1)(c1ccccc1)c1ccccc1. The predicted molar refractivity (Wildman–Crippen MR) is 142 cm³/mol. The summed E-state index contributed by atoms with van der Waals surface area (Å²) in [6.07, 6.45) is 1.47. The van der Waals surface area contributed by atoms with Crippen molar-refractivity contribution in [2.75, 3.05) is 33.0 Å². The standard InChI is InChI=1S/C27H35NO2PSi/c1-28(2)23-32(3,4)21-20-30-27(29)22-31(24-14-8-5-9-15-24,25-16-10-6-11-17-25)26-18-12-7-13-19-26/h5-19H,20-23H2,1-4H3/q+1. The second-order valence-electron chi connectivity index (χ2n) is 9.35. The number of nitrogens with zero attached hydrogens (tertiary/aromatic N) is 1. The van der Waals surface area contributed by atoms with Crippen LogP contribution in [0, 0.1) is 0 Å². The van der Waals surface area contributed by atoms with Crippen molar-refractivity contribution in [3.05, 3.63) is 91.0 Å². The van der Waals surface area contributed by atoms with Crippen LogP contribution in [0.4, 0.5) is 0 Å². The first-order valence-corrected chi connectivity index (χ1v) is 16.6. The zero-order valence-corrected chi connectivity index (χ0v) is 21.6. The fraction of sp³-hybridized carbons (Fsp3) is 0.296. The Hall–Kier alpha value is -2.26. The Morgan fingerprint density at radius 1 is 0.781 bits per heavy atom. The maximum absolute atomic E-state index is 13.3. The van der Waals surface area contributed by atoms with Gasteiger partial charge in [-0.15, -0.1) is 0 Å². The fourth-order valence-electron chi connectivity index (χ4n) is 4.38. The van der Waals surface area contributed by atoms with Crippen LogP contribution >= 0.6 is 7.26 Å². The summed E-state index contributed by atoms with van der Waals surface area (Å²) in [7, 11) is 0.610. The van der Waals surface area contributed by atoms with Gasteiger partial charge in [0, 0.05) is 0 Å². The Labute approximate surface area is 194 Å². The molecule has 0 saturated heterocycles. The van der Waals surface area contributed by atoms with E-state index in [9.17, 15) is 4.79 Å². The second-order valence-corrected chi connectivity index (χ2v) is 18.0. The van der Waals surface area contributed by atoms with E-state index in [0.717, 1.165) is 12.2 Å². The molecule has 5 heteroatoms. The van der Waals surface area contributed by atoms with Crippen LogP contribution in [0.2, 0.25) is 19.1 Å². The highest BCUT2D eigenvalue weighted by molar-refractivity contribution is 7.96. The molecule has 0 aliphatic carbocycles. The van der Waals surface area contributed by atoms with Gasteiger partial charge in [0.2, 0.25) is 0 Å². The lowest BCUT2D eigenvalue weighted by atomic mass is 10.4. The highest BCUT2D eigenvalue weighted by Crippen LogP contribution is 2.55. The van der Waals surface area contributed by atoms with E-state index in [4.69, 9.17) is 4.74 Å². The van der Waals surface area contributed by atoms with Crippen molar-refractivity contribution in [1.82, 2.24) is 4.90 Å². The third kappa shape index (κ3) is 6.16. The molecule has 0 fully saturated rings. The average Bonchev–Trinajstić information content (AvgIpc) is 2.78. The van der Waals surface area contributed by atoms with Crippen LogP contribution in [0.25, 0.3) is 0 Å². The largest absolute Gasteiger partial charge is 0.463 e. The lowest BCUT2D eigenvalue weighted by Gasteiger charge is -2.28. The molecule has 0 radical (unpaired) electrons. The summed E-state index contributed by atoms with van der Waals surface area (Å²) in [5, 5.41) is 3.62. The van der Waals surface area contributed by atoms with Gasteiger partial charge in [0.15, 0.2) is 6.16 Å². The van der Waals surface area contributed by atoms with Crippen LogP contribution in [-0.2, 0) is 9.53 Å². The molecule has 0 saturated carbocycles. The van der Waals surface area contributed by atoms with E-state index in [1.54, 1.807) is 0 Å². The monoisotopic (exact) mass is 464 g/mol. The van der Waals surface area contributed by atoms with E-state index < -0.39 is 15.3 Å². The molecule has 0 heterocycles. The van der Waals surface area contributed by atoms with Gasteiger partial charge in [-0.1, -0.05) is 67.7 Å². The van der Waals surface area contributed by atoms with E-state index in [-0.39, 0.29) is 5.97 Å². The van der Waals surface area contributed by atoms with Crippen LogP contribution < -0.4 is 15.9 Å². The predicted octanol–water partition coefficient (Wildman–Crippen LogP) is 4.33. The summed E-state index contributed by atoms with van der Waals surface area (Å²) in [4.78, 5) is 15.5. The van der Waals surface area contributed by atoms with E-state index in [2.05, 4.69) is 105 Å². The van der Waals surface area contributed by atoms with Gasteiger partial charge in [-0.3, -0.25) is 0 Å². The molecule has 0 aromatic heterocycles. The maximum Gasteiger partial charge on any atom is 0.345 e. The minimum atomic E-state index is -2.18. The molecule has 0 N–H and O–H groups in total. The summed E-state index contributed by atoms with van der Waals surface area (Å²) in [5.74, 6) is -0.107. The molecule has 0 bridgehead atoms. The normalized spacial score (nSPS) is 12.0. The van der Waals surface area contributed by atoms with Crippen molar-refractivity contribution < 1.29 is 9.53 Å². The fourth-order valence-corrected chi connectivity index (χ4v) is 10.9. The van der Waals surface area contributed by atoms with Crippen molar-refractivity contribution in [3.63, 3.8) is 0 Å². The maximum atomic E-state index is 13.3. The topological polar surface area (TPSA) is 29.5 Å². The third-order valence-electron chi connectivity index (χ3n) is 5.74. The number of esters is 1. The molecular formula is C27H35NO2PSi+. The number of carbonyl (C=O) groups is 1. The molecule has 0 spiro atoms. The highest BCUT2D eigenvalue weighted by atomic mass is 31.2. The van der Waals surface area contributed by atoms with Crippen molar-refractivity contribution >= 4 is 37.2 Å². The molecule has 0 amide bonds. The smallest absolute Gasteiger partial charge is 0.345 e. The average molecular weight is 465 g/mol. The van der Waals surface area contributed by atoms with Gasteiger partial charge >= 0.3 is 5.97 Å². The van der Waals surface area contributed by atoms with Gasteiger partial charge in [0.05, 0.1) is 14.7 Å². The zero-order chi connectivity index (χ0) is 23.0. The summed E-state index contributed by atoms with van der Waals surface area (Å²) in [5.41, 5.74) is 0. The van der Waals surface area contributed by atoms with Crippen molar-refractivity contribution in [2.45, 2.75) is 19.1 Å². The number of carbonyl (C=O) groups excluding carboxylic acids is 1. The molecule has 0 aliphatic heterocycles. The van der Waals surface area contributed by atoms with Crippen molar-refractivity contribution in [3.8, 4) is 0 Å². The van der Waals surface area contributed by atoms with Gasteiger partial charge < -0.3 is 9.64 Å². The third-order valence-corrected chi connectivity index (χ3v) is 13.1. The zero-order valence-electron chi connectivity index (χ0n) is 19.7. The Morgan fingerprint density at radius 3 is 1.56 bits per heavy atom. The van der Waals surface area contributed by atoms with Gasteiger partial charge in [0.1, 0.15) is 23.2 Å². The van der Waals surface area contributed by atoms with Gasteiger partial charge in [-0.2, -0.15) is 0 Å². The van der Waals surface area contributed by atoms with E-state index in [1.807, 2.05) is 18.2 Å². The molecular weight excluding hydrogens is 429 g/mol. The molecule has 168 valence electrons. The first kappa shape index (κ1) is 24.4. The summed E-state index contributed by atoms with van der Waals surface area (Å²) in [6.45, 7) is 5.22. The van der Waals surface area contributed by atoms with E-state index in [0.29, 0.717) is 12.8 Å². The van der Waals surface area contributed by atoms with Crippen LogP contribution in [0.1, 0.15) is 0 Å². The van der Waals surface area contributed by atoms with Crippen molar-refractivity contribution in [2.24, 2.45) is 0 Å². The van der Waals surface area contributed by atoms with Gasteiger partial charge in [-0.25, -0.2) is 4.79 Å². The van der Waals surface area contributed by atoms with E-state index >= 15 is 0 Å². The quantitative estimate of drug-likeness (QED) is 0.254. The van der Waals surface area contributed by atoms with Crippen LogP contribution in [-0.4, -0.2) is 52.0 Å². The Morgan fingerprint density at radius 2 is 1.19 bits per heavy atom. The minimum Gasteiger partial charge on any atom is -0.463 e. The minimum absolute atomic E-state index is 0.107. The number of hydrogen-bond acceptors (Lipinski definition) is 3. The number of ether oxygens (including phenoxy) is 1. The van der Waals surface area contributed by atoms with Crippen LogP contribution in [0.3, 0.4) is 0 Å². The highest BCUT2D eigenvalue weighted by Gasteiger charge is 2.47. The molecule has 32 heavy (non-hydrogen) atoms. The van der Waals surface area contributed by atoms with Gasteiger partial charge in [0.25, 0.3) is 0 Å². The Bertz CT molecular complexity index is 882. The first-order chi connectivity index (χ1) is 15.3. The molecule has 0 unspecified atom stereocenters. The number of hydrogen-bond donors (Lipinski definition) is 0. The summed E-state index contributed by atoms with van der Waals surface area (Å²) >= 11 is 0. The van der Waals surface area contributed by atoms with E-state index in [1.165, 1.54) is 15.9 Å². The van der Waals surface area contributed by atoms with Crippen molar-refractivity contribution in [1.29, 1.82) is 0 Å². The Balaban J connectivity index is 1.92.